The summed E-state index contributed by atoms with van der Waals surface area (Å²) in [6.45, 7) is 0.400. The van der Waals surface area contributed by atoms with E-state index in [-0.39, 0.29) is 18.2 Å². The molecule has 0 aliphatic heterocycles. The molecule has 2 amide bonds. The maximum Gasteiger partial charge on any atom is 0.419 e. The zero-order valence-electron chi connectivity index (χ0n) is 16.0. The molecule has 2 heterocycles. The number of thiophene rings is 1. The van der Waals surface area contributed by atoms with Crippen LogP contribution in [-0.4, -0.2) is 16.4 Å². The van der Waals surface area contributed by atoms with Crippen LogP contribution in [0.1, 0.15) is 22.5 Å². The predicted octanol–water partition coefficient (Wildman–Crippen LogP) is 4.33. The van der Waals surface area contributed by atoms with Crippen LogP contribution in [-0.2, 0) is 11.3 Å². The van der Waals surface area contributed by atoms with Crippen molar-refractivity contribution in [2.24, 2.45) is 0 Å². The summed E-state index contributed by atoms with van der Waals surface area (Å²) in [7, 11) is 0. The van der Waals surface area contributed by atoms with E-state index in [1.54, 1.807) is 36.4 Å². The van der Waals surface area contributed by atoms with Crippen LogP contribution in [0.4, 0.5) is 11.4 Å². The Morgan fingerprint density at radius 1 is 0.933 bits per heavy atom. The van der Waals surface area contributed by atoms with Crippen LogP contribution >= 0.6 is 11.3 Å². The third-order valence-corrected chi connectivity index (χ3v) is 5.40. The van der Waals surface area contributed by atoms with Crippen molar-refractivity contribution in [1.29, 1.82) is 0 Å². The minimum Gasteiger partial charge on any atom is -0.408 e. The molecule has 0 unspecified atom stereocenters. The van der Waals surface area contributed by atoms with Gasteiger partial charge < -0.3 is 15.1 Å². The van der Waals surface area contributed by atoms with Crippen LogP contribution in [0, 0.1) is 0 Å². The number of hydrogen-bond acceptors (Lipinski definition) is 5. The van der Waals surface area contributed by atoms with Crippen LogP contribution in [0.5, 0.6) is 0 Å². The maximum atomic E-state index is 12.2. The second-order valence-electron chi connectivity index (χ2n) is 6.65. The molecule has 0 saturated heterocycles. The lowest BCUT2D eigenvalue weighted by Gasteiger charge is -2.08. The van der Waals surface area contributed by atoms with Crippen molar-refractivity contribution in [3.8, 4) is 0 Å². The monoisotopic (exact) mass is 421 g/mol. The lowest BCUT2D eigenvalue weighted by atomic mass is 10.2. The highest BCUT2D eigenvalue weighted by Gasteiger charge is 2.10. The fourth-order valence-corrected chi connectivity index (χ4v) is 3.70. The lowest BCUT2D eigenvalue weighted by Crippen LogP contribution is -2.17. The zero-order valence-corrected chi connectivity index (χ0v) is 16.8. The molecular formula is C22H19N3O4S. The molecule has 2 aromatic carbocycles. The summed E-state index contributed by atoms with van der Waals surface area (Å²) in [5.74, 6) is -0.730. The van der Waals surface area contributed by atoms with E-state index in [9.17, 15) is 14.4 Å². The molecule has 0 saturated carbocycles. The normalized spacial score (nSPS) is 10.8. The first-order valence-corrected chi connectivity index (χ1v) is 10.3. The molecule has 8 heteroatoms. The van der Waals surface area contributed by atoms with Gasteiger partial charge in [-0.15, -0.1) is 11.3 Å². The molecule has 0 atom stereocenters. The van der Waals surface area contributed by atoms with Gasteiger partial charge in [-0.3, -0.25) is 14.2 Å². The number of hydrogen-bond donors (Lipinski definition) is 2. The standard InChI is InChI=1S/C22H19N3O4S/c26-20(8-3-13-25-17-5-1-2-6-18(17)29-22(25)28)23-15-9-11-16(12-10-15)24-21(27)19-7-4-14-30-19/h1-2,4-7,9-12,14H,3,8,13H2,(H,23,26)(H,24,27). The molecule has 0 aliphatic rings. The summed E-state index contributed by atoms with van der Waals surface area (Å²) in [5, 5.41) is 7.48. The van der Waals surface area contributed by atoms with Gasteiger partial charge in [0, 0.05) is 24.3 Å². The van der Waals surface area contributed by atoms with Gasteiger partial charge in [0.05, 0.1) is 10.4 Å². The molecule has 4 rings (SSSR count). The molecule has 30 heavy (non-hydrogen) atoms. The summed E-state index contributed by atoms with van der Waals surface area (Å²) in [6.07, 6.45) is 0.771. The summed E-state index contributed by atoms with van der Waals surface area (Å²) < 4.78 is 6.73. The largest absolute Gasteiger partial charge is 0.419 e. The number of oxazole rings is 1. The van der Waals surface area contributed by atoms with Crippen molar-refractivity contribution in [2.45, 2.75) is 19.4 Å². The average molecular weight is 421 g/mol. The quantitative estimate of drug-likeness (QED) is 0.465. The Kier molecular flexibility index (Phi) is 5.76. The second kappa shape index (κ2) is 8.79. The first kappa shape index (κ1) is 19.7. The molecule has 0 spiro atoms. The Bertz CT molecular complexity index is 1220. The van der Waals surface area contributed by atoms with Gasteiger partial charge in [0.15, 0.2) is 5.58 Å². The van der Waals surface area contributed by atoms with Gasteiger partial charge >= 0.3 is 5.76 Å². The zero-order chi connectivity index (χ0) is 20.9. The number of carbonyl (C=O) groups is 2. The van der Waals surface area contributed by atoms with E-state index in [0.717, 1.165) is 5.52 Å². The van der Waals surface area contributed by atoms with Gasteiger partial charge in [-0.2, -0.15) is 0 Å². The maximum absolute atomic E-state index is 12.2. The Labute approximate surface area is 176 Å². The van der Waals surface area contributed by atoms with Crippen molar-refractivity contribution in [2.75, 3.05) is 10.6 Å². The molecular weight excluding hydrogens is 402 g/mol. The summed E-state index contributed by atoms with van der Waals surface area (Å²) in [6, 6.07) is 17.7. The molecule has 4 aromatic rings. The smallest absolute Gasteiger partial charge is 0.408 e. The highest BCUT2D eigenvalue weighted by molar-refractivity contribution is 7.12. The Hall–Kier alpha value is -3.65. The highest BCUT2D eigenvalue weighted by Crippen LogP contribution is 2.17. The molecule has 2 aromatic heterocycles. The number of para-hydroxylation sites is 2. The van der Waals surface area contributed by atoms with Crippen LogP contribution in [0.25, 0.3) is 11.1 Å². The molecule has 0 radical (unpaired) electrons. The van der Waals surface area contributed by atoms with E-state index in [4.69, 9.17) is 4.42 Å². The van der Waals surface area contributed by atoms with Crippen molar-refractivity contribution in [3.63, 3.8) is 0 Å². The van der Waals surface area contributed by atoms with E-state index in [1.165, 1.54) is 15.9 Å². The van der Waals surface area contributed by atoms with E-state index < -0.39 is 5.76 Å². The Balaban J connectivity index is 1.28. The first-order valence-electron chi connectivity index (χ1n) is 9.43. The number of aromatic nitrogens is 1. The fraction of sp³-hybridized carbons (Fsp3) is 0.136. The van der Waals surface area contributed by atoms with E-state index in [0.29, 0.717) is 34.8 Å². The van der Waals surface area contributed by atoms with Crippen LogP contribution in [0.15, 0.2) is 75.3 Å². The Morgan fingerprint density at radius 2 is 1.67 bits per heavy atom. The van der Waals surface area contributed by atoms with E-state index >= 15 is 0 Å². The van der Waals surface area contributed by atoms with E-state index in [1.807, 2.05) is 29.6 Å². The fourth-order valence-electron chi connectivity index (χ4n) is 3.08. The molecule has 7 nitrogen and oxygen atoms in total. The first-order chi connectivity index (χ1) is 14.6. The average Bonchev–Trinajstić information content (AvgIpc) is 3.38. The molecule has 0 fully saturated rings. The van der Waals surface area contributed by atoms with Gasteiger partial charge in [-0.1, -0.05) is 18.2 Å². The number of benzene rings is 2. The third kappa shape index (κ3) is 4.49. The van der Waals surface area contributed by atoms with Crippen molar-refractivity contribution < 1.29 is 14.0 Å². The van der Waals surface area contributed by atoms with Crippen LogP contribution in [0.3, 0.4) is 0 Å². The SMILES string of the molecule is O=C(CCCn1c(=O)oc2ccccc21)Nc1ccc(NC(=O)c2cccs2)cc1. The number of nitrogens with zero attached hydrogens (tertiary/aromatic N) is 1. The number of anilines is 2. The number of aryl methyl sites for hydroxylation is 1. The number of fused-ring (bicyclic) bond motifs is 1. The second-order valence-corrected chi connectivity index (χ2v) is 7.60. The van der Waals surface area contributed by atoms with Gasteiger partial charge in [0.25, 0.3) is 5.91 Å². The number of rotatable bonds is 7. The molecule has 0 aliphatic carbocycles. The predicted molar refractivity (Wildman–Crippen MR) is 117 cm³/mol. The summed E-state index contributed by atoms with van der Waals surface area (Å²) >= 11 is 1.37. The topological polar surface area (TPSA) is 93.3 Å². The van der Waals surface area contributed by atoms with Gasteiger partial charge in [-0.05, 0) is 54.3 Å². The number of amides is 2. The summed E-state index contributed by atoms with van der Waals surface area (Å²) in [4.78, 5) is 36.9. The minimum absolute atomic E-state index is 0.147. The van der Waals surface area contributed by atoms with Crippen molar-refractivity contribution in [1.82, 2.24) is 4.57 Å². The molecule has 0 bridgehead atoms. The number of nitrogens with one attached hydrogen (secondary N) is 2. The lowest BCUT2D eigenvalue weighted by molar-refractivity contribution is -0.116. The van der Waals surface area contributed by atoms with Gasteiger partial charge in [0.1, 0.15) is 0 Å². The Morgan fingerprint density at radius 3 is 2.40 bits per heavy atom. The summed E-state index contributed by atoms with van der Waals surface area (Å²) in [5.41, 5.74) is 2.55. The van der Waals surface area contributed by atoms with E-state index in [2.05, 4.69) is 10.6 Å². The van der Waals surface area contributed by atoms with Gasteiger partial charge in [-0.25, -0.2) is 4.79 Å². The number of carbonyl (C=O) groups excluding carboxylic acids is 2. The van der Waals surface area contributed by atoms with Crippen LogP contribution < -0.4 is 16.4 Å². The third-order valence-electron chi connectivity index (χ3n) is 4.53. The van der Waals surface area contributed by atoms with Crippen LogP contribution in [0.2, 0.25) is 0 Å². The van der Waals surface area contributed by atoms with Crippen molar-refractivity contribution in [3.05, 3.63) is 81.5 Å². The van der Waals surface area contributed by atoms with Crippen molar-refractivity contribution >= 4 is 45.6 Å². The minimum atomic E-state index is -0.420. The molecule has 152 valence electrons. The highest BCUT2D eigenvalue weighted by atomic mass is 32.1. The van der Waals surface area contributed by atoms with Gasteiger partial charge in [0.2, 0.25) is 5.91 Å². The molecule has 2 N–H and O–H groups in total.